The Morgan fingerprint density at radius 2 is 1.64 bits per heavy atom. The first-order valence-electron chi connectivity index (χ1n) is 8.48. The maximum atomic E-state index is 4.58. The maximum Gasteiger partial charge on any atom is 0.229 e. The lowest BCUT2D eigenvalue weighted by molar-refractivity contribution is 1.08. The highest BCUT2D eigenvalue weighted by atomic mass is 15.1. The van der Waals surface area contributed by atoms with Gasteiger partial charge in [0, 0.05) is 18.4 Å². The maximum absolute atomic E-state index is 4.58. The molecule has 2 N–H and O–H groups in total. The number of hydrogen-bond donors (Lipinski definition) is 2. The van der Waals surface area contributed by atoms with Gasteiger partial charge in [0.15, 0.2) is 0 Å². The van der Waals surface area contributed by atoms with Crippen molar-refractivity contribution in [2.75, 3.05) is 10.6 Å². The smallest absolute Gasteiger partial charge is 0.229 e. The summed E-state index contributed by atoms with van der Waals surface area (Å²) in [6, 6.07) is 14.7. The van der Waals surface area contributed by atoms with Crippen molar-refractivity contribution in [2.45, 2.75) is 34.2 Å². The van der Waals surface area contributed by atoms with E-state index in [-0.39, 0.29) is 0 Å². The second-order valence-electron chi connectivity index (χ2n) is 6.51. The summed E-state index contributed by atoms with van der Waals surface area (Å²) in [5, 5.41) is 6.71. The first-order chi connectivity index (χ1) is 12.0. The lowest BCUT2D eigenvalue weighted by atomic mass is 10.1. The minimum Gasteiger partial charge on any atom is -0.366 e. The minimum absolute atomic E-state index is 0.601. The molecule has 1 aromatic heterocycles. The van der Waals surface area contributed by atoms with E-state index in [1.807, 2.05) is 6.07 Å². The van der Waals surface area contributed by atoms with Crippen molar-refractivity contribution in [3.05, 3.63) is 76.5 Å². The van der Waals surface area contributed by atoms with Crippen molar-refractivity contribution in [1.29, 1.82) is 0 Å². The van der Waals surface area contributed by atoms with Crippen LogP contribution in [0.2, 0.25) is 0 Å². The van der Waals surface area contributed by atoms with Crippen molar-refractivity contribution >= 4 is 17.5 Å². The fraction of sp³-hybridized carbons (Fsp3) is 0.238. The molecule has 2 aromatic carbocycles. The predicted molar refractivity (Wildman–Crippen MR) is 104 cm³/mol. The molecule has 128 valence electrons. The Kier molecular flexibility index (Phi) is 4.98. The molecular weight excluding hydrogens is 308 g/mol. The zero-order chi connectivity index (χ0) is 17.8. The van der Waals surface area contributed by atoms with Crippen LogP contribution in [0.5, 0.6) is 0 Å². The number of hydrogen-bond acceptors (Lipinski definition) is 4. The Labute approximate surface area is 149 Å². The molecule has 0 amide bonds. The van der Waals surface area contributed by atoms with Gasteiger partial charge in [0.05, 0.1) is 0 Å². The third-order valence-electron chi connectivity index (χ3n) is 4.13. The molecule has 25 heavy (non-hydrogen) atoms. The number of nitrogens with zero attached hydrogens (tertiary/aromatic N) is 2. The average Bonchev–Trinajstić information content (AvgIpc) is 2.57. The molecule has 0 atom stereocenters. The Balaban J connectivity index is 1.74. The number of rotatable bonds is 5. The first-order valence-corrected chi connectivity index (χ1v) is 8.48. The monoisotopic (exact) mass is 332 g/mol. The summed E-state index contributed by atoms with van der Waals surface area (Å²) in [6.45, 7) is 9.14. The topological polar surface area (TPSA) is 49.8 Å². The number of nitrogens with one attached hydrogen (secondary N) is 2. The van der Waals surface area contributed by atoms with Crippen LogP contribution in [-0.4, -0.2) is 9.97 Å². The van der Waals surface area contributed by atoms with Gasteiger partial charge in [0.25, 0.3) is 0 Å². The number of aromatic nitrogens is 2. The van der Waals surface area contributed by atoms with E-state index >= 15 is 0 Å². The number of aryl methyl sites for hydroxylation is 4. The van der Waals surface area contributed by atoms with Crippen molar-refractivity contribution in [1.82, 2.24) is 9.97 Å². The number of anilines is 3. The van der Waals surface area contributed by atoms with Gasteiger partial charge < -0.3 is 10.6 Å². The molecule has 0 radical (unpaired) electrons. The third kappa shape index (κ3) is 4.35. The lowest BCUT2D eigenvalue weighted by Crippen LogP contribution is -2.05. The minimum atomic E-state index is 0.601. The van der Waals surface area contributed by atoms with Crippen molar-refractivity contribution in [2.24, 2.45) is 0 Å². The standard InChI is InChI=1S/C21H24N4/c1-14-6-5-7-18(12-14)13-23-19-8-9-22-21(24-19)25-20-16(3)10-15(2)11-17(20)4/h5-12H,13H2,1-4H3,(H2,22,23,24,25). The summed E-state index contributed by atoms with van der Waals surface area (Å²) >= 11 is 0. The molecule has 1 heterocycles. The van der Waals surface area contributed by atoms with Gasteiger partial charge >= 0.3 is 0 Å². The summed E-state index contributed by atoms with van der Waals surface area (Å²) in [5.74, 6) is 1.41. The van der Waals surface area contributed by atoms with E-state index in [1.54, 1.807) is 6.20 Å². The normalized spacial score (nSPS) is 10.6. The van der Waals surface area contributed by atoms with Crippen LogP contribution in [0, 0.1) is 27.7 Å². The van der Waals surface area contributed by atoms with Crippen LogP contribution in [0.1, 0.15) is 27.8 Å². The zero-order valence-corrected chi connectivity index (χ0v) is 15.2. The molecule has 4 heteroatoms. The van der Waals surface area contributed by atoms with Crippen LogP contribution < -0.4 is 10.6 Å². The van der Waals surface area contributed by atoms with Crippen LogP contribution >= 0.6 is 0 Å². The summed E-state index contributed by atoms with van der Waals surface area (Å²) < 4.78 is 0. The Bertz CT molecular complexity index is 864. The summed E-state index contributed by atoms with van der Waals surface area (Å²) in [7, 11) is 0. The summed E-state index contributed by atoms with van der Waals surface area (Å²) in [6.07, 6.45) is 1.77. The number of benzene rings is 2. The lowest BCUT2D eigenvalue weighted by Gasteiger charge is -2.13. The molecule has 0 spiro atoms. The van der Waals surface area contributed by atoms with Gasteiger partial charge in [-0.1, -0.05) is 47.5 Å². The Hall–Kier alpha value is -2.88. The van der Waals surface area contributed by atoms with Crippen LogP contribution in [0.4, 0.5) is 17.5 Å². The first kappa shape index (κ1) is 17.0. The molecule has 3 aromatic rings. The van der Waals surface area contributed by atoms with Crippen molar-refractivity contribution in [3.63, 3.8) is 0 Å². The summed E-state index contributed by atoms with van der Waals surface area (Å²) in [5.41, 5.74) is 7.21. The van der Waals surface area contributed by atoms with E-state index in [0.717, 1.165) is 18.1 Å². The van der Waals surface area contributed by atoms with E-state index < -0.39 is 0 Å². The quantitative estimate of drug-likeness (QED) is 0.685. The molecule has 3 rings (SSSR count). The Morgan fingerprint density at radius 1 is 0.880 bits per heavy atom. The largest absolute Gasteiger partial charge is 0.366 e. The van der Waals surface area contributed by atoms with Crippen molar-refractivity contribution in [3.8, 4) is 0 Å². The van der Waals surface area contributed by atoms with Crippen LogP contribution in [0.25, 0.3) is 0 Å². The molecule has 0 fully saturated rings. The molecule has 0 aliphatic carbocycles. The molecule has 0 aliphatic rings. The van der Waals surface area contributed by atoms with E-state index in [0.29, 0.717) is 5.95 Å². The highest BCUT2D eigenvalue weighted by Crippen LogP contribution is 2.24. The van der Waals surface area contributed by atoms with E-state index in [9.17, 15) is 0 Å². The van der Waals surface area contributed by atoms with E-state index in [4.69, 9.17) is 0 Å². The fourth-order valence-electron chi connectivity index (χ4n) is 3.02. The van der Waals surface area contributed by atoms with Crippen molar-refractivity contribution < 1.29 is 0 Å². The van der Waals surface area contributed by atoms with E-state index in [2.05, 4.69) is 84.7 Å². The van der Waals surface area contributed by atoms with E-state index in [1.165, 1.54) is 27.8 Å². The van der Waals surface area contributed by atoms with Gasteiger partial charge in [-0.25, -0.2) is 4.98 Å². The van der Waals surface area contributed by atoms with Gasteiger partial charge in [-0.15, -0.1) is 0 Å². The molecule has 0 saturated heterocycles. The van der Waals surface area contributed by atoms with Gasteiger partial charge in [-0.3, -0.25) is 0 Å². The molecule has 0 bridgehead atoms. The second-order valence-corrected chi connectivity index (χ2v) is 6.51. The van der Waals surface area contributed by atoms with Gasteiger partial charge in [-0.2, -0.15) is 4.98 Å². The van der Waals surface area contributed by atoms with Gasteiger partial charge in [0.1, 0.15) is 5.82 Å². The molecule has 0 unspecified atom stereocenters. The molecule has 4 nitrogen and oxygen atoms in total. The highest BCUT2D eigenvalue weighted by Gasteiger charge is 2.06. The van der Waals surface area contributed by atoms with Crippen LogP contribution in [0.3, 0.4) is 0 Å². The Morgan fingerprint density at radius 3 is 2.36 bits per heavy atom. The van der Waals surface area contributed by atoms with Gasteiger partial charge in [-0.05, 0) is 50.5 Å². The second kappa shape index (κ2) is 7.34. The average molecular weight is 332 g/mol. The van der Waals surface area contributed by atoms with Crippen LogP contribution in [0.15, 0.2) is 48.7 Å². The fourth-order valence-corrected chi connectivity index (χ4v) is 3.02. The SMILES string of the molecule is Cc1cccc(CNc2ccnc(Nc3c(C)cc(C)cc3C)n2)c1. The summed E-state index contributed by atoms with van der Waals surface area (Å²) in [4.78, 5) is 8.92. The third-order valence-corrected chi connectivity index (χ3v) is 4.13. The molecule has 0 aliphatic heterocycles. The molecular formula is C21H24N4. The molecule has 0 saturated carbocycles. The highest BCUT2D eigenvalue weighted by molar-refractivity contribution is 5.64. The van der Waals surface area contributed by atoms with Gasteiger partial charge in [0.2, 0.25) is 5.95 Å². The zero-order valence-electron chi connectivity index (χ0n) is 15.2. The predicted octanol–water partition coefficient (Wildman–Crippen LogP) is 5.07. The van der Waals surface area contributed by atoms with Crippen LogP contribution in [-0.2, 0) is 6.54 Å².